The molecule has 0 amide bonds. The zero-order chi connectivity index (χ0) is 9.84. The quantitative estimate of drug-likeness (QED) is 0.632. The highest BCUT2D eigenvalue weighted by atomic mass is 35.5. The molecule has 1 aromatic rings. The van der Waals surface area contributed by atoms with Crippen LogP contribution in [-0.4, -0.2) is 5.17 Å². The minimum absolute atomic E-state index is 0.534. The van der Waals surface area contributed by atoms with E-state index in [-0.39, 0.29) is 0 Å². The van der Waals surface area contributed by atoms with Crippen molar-refractivity contribution in [2.45, 2.75) is 13.8 Å². The second kappa shape index (κ2) is 4.24. The molecule has 1 nitrogen and oxygen atoms in total. The Morgan fingerprint density at radius 1 is 1.54 bits per heavy atom. The predicted octanol–water partition coefficient (Wildman–Crippen LogP) is 3.93. The fourth-order valence-corrected chi connectivity index (χ4v) is 1.20. The van der Waals surface area contributed by atoms with E-state index in [9.17, 15) is 0 Å². The number of aryl methyl sites for hydroxylation is 1. The molecule has 0 saturated carbocycles. The number of benzene rings is 1. The van der Waals surface area contributed by atoms with E-state index in [1.165, 1.54) is 5.56 Å². The van der Waals surface area contributed by atoms with E-state index in [2.05, 4.69) is 11.6 Å². The van der Waals surface area contributed by atoms with Crippen LogP contribution in [0, 0.1) is 6.92 Å². The smallest absolute Gasteiger partial charge is 0.103 e. The molecule has 0 aliphatic carbocycles. The molecule has 0 aliphatic heterocycles. The monoisotopic (exact) mass is 193 g/mol. The number of halogens is 1. The van der Waals surface area contributed by atoms with Crippen molar-refractivity contribution in [1.29, 1.82) is 0 Å². The van der Waals surface area contributed by atoms with E-state index < -0.39 is 0 Å². The van der Waals surface area contributed by atoms with E-state index >= 15 is 0 Å². The van der Waals surface area contributed by atoms with Crippen LogP contribution < -0.4 is 0 Å². The summed E-state index contributed by atoms with van der Waals surface area (Å²) >= 11 is 5.70. The van der Waals surface area contributed by atoms with E-state index in [1.54, 1.807) is 13.0 Å². The molecule has 0 heterocycles. The van der Waals surface area contributed by atoms with Crippen molar-refractivity contribution in [2.75, 3.05) is 0 Å². The van der Waals surface area contributed by atoms with E-state index in [0.29, 0.717) is 5.17 Å². The summed E-state index contributed by atoms with van der Waals surface area (Å²) in [6, 6.07) is 5.98. The summed E-state index contributed by atoms with van der Waals surface area (Å²) < 4.78 is 0. The van der Waals surface area contributed by atoms with Gasteiger partial charge in [0.2, 0.25) is 0 Å². The first-order valence-electron chi connectivity index (χ1n) is 4.07. The zero-order valence-corrected chi connectivity index (χ0v) is 8.60. The molecule has 0 N–H and O–H groups in total. The van der Waals surface area contributed by atoms with Crippen LogP contribution in [0.2, 0.25) is 0 Å². The molecule has 1 aromatic carbocycles. The summed E-state index contributed by atoms with van der Waals surface area (Å²) in [5.74, 6) is 0. The van der Waals surface area contributed by atoms with Gasteiger partial charge in [0, 0.05) is 0 Å². The first-order valence-corrected chi connectivity index (χ1v) is 4.45. The van der Waals surface area contributed by atoms with Gasteiger partial charge in [-0.1, -0.05) is 35.9 Å². The number of nitrogens with zero attached hydrogens (tertiary/aromatic N) is 1. The molecule has 0 unspecified atom stereocenters. The summed E-state index contributed by atoms with van der Waals surface area (Å²) in [4.78, 5) is 4.18. The van der Waals surface area contributed by atoms with Gasteiger partial charge in [-0.15, -0.1) is 0 Å². The molecule has 68 valence electrons. The molecule has 0 radical (unpaired) electrons. The van der Waals surface area contributed by atoms with Crippen molar-refractivity contribution in [3.8, 4) is 0 Å². The third-order valence-electron chi connectivity index (χ3n) is 1.68. The Kier molecular flexibility index (Phi) is 3.26. The fraction of sp³-hybridized carbons (Fsp3) is 0.182. The lowest BCUT2D eigenvalue weighted by Crippen LogP contribution is -1.80. The number of hydrogen-bond donors (Lipinski definition) is 0. The molecule has 2 heteroatoms. The Bertz CT molecular complexity index is 349. The van der Waals surface area contributed by atoms with Crippen LogP contribution in [-0.2, 0) is 0 Å². The Balaban J connectivity index is 3.21. The van der Waals surface area contributed by atoms with Crippen molar-refractivity contribution in [3.63, 3.8) is 0 Å². The largest absolute Gasteiger partial charge is 0.241 e. The number of hydrogen-bond acceptors (Lipinski definition) is 1. The third kappa shape index (κ3) is 2.71. The molecular weight excluding hydrogens is 182 g/mol. The van der Waals surface area contributed by atoms with Gasteiger partial charge in [-0.3, -0.25) is 0 Å². The molecule has 0 aliphatic rings. The first-order chi connectivity index (χ1) is 6.13. The van der Waals surface area contributed by atoms with Crippen LogP contribution in [0.4, 0.5) is 5.69 Å². The zero-order valence-electron chi connectivity index (χ0n) is 7.84. The SMILES string of the molecule is C=Cc1cc(C)ccc1N=C(C)Cl. The van der Waals surface area contributed by atoms with Gasteiger partial charge >= 0.3 is 0 Å². The van der Waals surface area contributed by atoms with E-state index in [1.807, 2.05) is 25.1 Å². The van der Waals surface area contributed by atoms with Crippen LogP contribution in [0.3, 0.4) is 0 Å². The summed E-state index contributed by atoms with van der Waals surface area (Å²) in [6.45, 7) is 7.52. The Labute approximate surface area is 83.8 Å². The van der Waals surface area contributed by atoms with Gasteiger partial charge in [0.25, 0.3) is 0 Å². The van der Waals surface area contributed by atoms with Crippen LogP contribution >= 0.6 is 11.6 Å². The van der Waals surface area contributed by atoms with Crippen LogP contribution in [0.15, 0.2) is 29.8 Å². The minimum Gasteiger partial charge on any atom is -0.241 e. The van der Waals surface area contributed by atoms with Crippen LogP contribution in [0.1, 0.15) is 18.1 Å². The lowest BCUT2D eigenvalue weighted by Gasteiger charge is -2.01. The van der Waals surface area contributed by atoms with E-state index in [0.717, 1.165) is 11.3 Å². The second-order valence-corrected chi connectivity index (χ2v) is 3.42. The molecule has 1 rings (SSSR count). The summed E-state index contributed by atoms with van der Waals surface area (Å²) in [5, 5.41) is 0.534. The van der Waals surface area contributed by atoms with Gasteiger partial charge in [0.1, 0.15) is 5.17 Å². The average molecular weight is 194 g/mol. The topological polar surface area (TPSA) is 12.4 Å². The molecule has 0 atom stereocenters. The van der Waals surface area contributed by atoms with Crippen molar-refractivity contribution in [3.05, 3.63) is 35.9 Å². The van der Waals surface area contributed by atoms with Gasteiger partial charge in [-0.25, -0.2) is 4.99 Å². The lowest BCUT2D eigenvalue weighted by atomic mass is 10.1. The molecular formula is C11H12ClN. The van der Waals surface area contributed by atoms with Gasteiger partial charge < -0.3 is 0 Å². The Morgan fingerprint density at radius 2 is 2.23 bits per heavy atom. The highest BCUT2D eigenvalue weighted by molar-refractivity contribution is 6.65. The number of rotatable bonds is 2. The summed E-state index contributed by atoms with van der Waals surface area (Å²) in [6.07, 6.45) is 1.78. The van der Waals surface area contributed by atoms with Gasteiger partial charge in [0.15, 0.2) is 0 Å². The maximum Gasteiger partial charge on any atom is 0.103 e. The fourth-order valence-electron chi connectivity index (χ4n) is 1.11. The minimum atomic E-state index is 0.534. The standard InChI is InChI=1S/C11H12ClN/c1-4-10-7-8(2)5-6-11(10)13-9(3)12/h4-7H,1H2,2-3H3. The average Bonchev–Trinajstić information content (AvgIpc) is 2.07. The van der Waals surface area contributed by atoms with Crippen molar-refractivity contribution >= 4 is 28.5 Å². The lowest BCUT2D eigenvalue weighted by molar-refractivity contribution is 1.42. The highest BCUT2D eigenvalue weighted by Crippen LogP contribution is 2.22. The second-order valence-electron chi connectivity index (χ2n) is 2.88. The molecule has 0 saturated heterocycles. The van der Waals surface area contributed by atoms with E-state index in [4.69, 9.17) is 11.6 Å². The van der Waals surface area contributed by atoms with Gasteiger partial charge in [-0.2, -0.15) is 0 Å². The maximum absolute atomic E-state index is 5.70. The van der Waals surface area contributed by atoms with Crippen LogP contribution in [0.5, 0.6) is 0 Å². The third-order valence-corrected chi connectivity index (χ3v) is 1.76. The first kappa shape index (κ1) is 10.0. The van der Waals surface area contributed by atoms with Crippen molar-refractivity contribution < 1.29 is 0 Å². The predicted molar refractivity (Wildman–Crippen MR) is 59.9 cm³/mol. The normalized spacial score (nSPS) is 11.5. The molecule has 0 spiro atoms. The van der Waals surface area contributed by atoms with Crippen molar-refractivity contribution in [2.24, 2.45) is 4.99 Å². The molecule has 0 bridgehead atoms. The molecule has 0 aromatic heterocycles. The highest BCUT2D eigenvalue weighted by Gasteiger charge is 1.97. The summed E-state index contributed by atoms with van der Waals surface area (Å²) in [7, 11) is 0. The number of aliphatic imine (C=N–C) groups is 1. The van der Waals surface area contributed by atoms with Gasteiger partial charge in [0.05, 0.1) is 5.69 Å². The van der Waals surface area contributed by atoms with Crippen molar-refractivity contribution in [1.82, 2.24) is 0 Å². The maximum atomic E-state index is 5.70. The van der Waals surface area contributed by atoms with Gasteiger partial charge in [-0.05, 0) is 31.5 Å². The molecule has 0 fully saturated rings. The Hall–Kier alpha value is -1.08. The molecule has 13 heavy (non-hydrogen) atoms. The summed E-state index contributed by atoms with van der Waals surface area (Å²) in [5.41, 5.74) is 3.08. The Morgan fingerprint density at radius 3 is 2.77 bits per heavy atom. The van der Waals surface area contributed by atoms with Crippen LogP contribution in [0.25, 0.3) is 6.08 Å².